The van der Waals surface area contributed by atoms with Gasteiger partial charge in [-0.2, -0.15) is 0 Å². The van der Waals surface area contributed by atoms with Crippen molar-refractivity contribution in [3.63, 3.8) is 0 Å². The first-order valence-corrected chi connectivity index (χ1v) is 9.10. The number of amides is 1. The van der Waals surface area contributed by atoms with E-state index in [1.165, 1.54) is 0 Å². The van der Waals surface area contributed by atoms with Crippen molar-refractivity contribution in [1.82, 2.24) is 15.2 Å². The number of rotatable bonds is 5. The highest BCUT2D eigenvalue weighted by molar-refractivity contribution is 9.10. The van der Waals surface area contributed by atoms with Gasteiger partial charge in [0.15, 0.2) is 10.9 Å². The van der Waals surface area contributed by atoms with Gasteiger partial charge in [0.1, 0.15) is 0 Å². The van der Waals surface area contributed by atoms with Gasteiger partial charge in [-0.25, -0.2) is 0 Å². The molecule has 2 N–H and O–H groups in total. The van der Waals surface area contributed by atoms with Crippen molar-refractivity contribution >= 4 is 39.3 Å². The van der Waals surface area contributed by atoms with Gasteiger partial charge < -0.3 is 5.32 Å². The highest BCUT2D eigenvalue weighted by atomic mass is 79.9. The van der Waals surface area contributed by atoms with E-state index < -0.39 is 0 Å². The Bertz CT molecular complexity index is 947. The SMILES string of the molecule is O=C(CSc1nnc(-c2ccccc2)c(=O)[nH]1)Nc1cccc(Br)c1. The summed E-state index contributed by atoms with van der Waals surface area (Å²) >= 11 is 4.46. The summed E-state index contributed by atoms with van der Waals surface area (Å²) in [6, 6.07) is 16.4. The average Bonchev–Trinajstić information content (AvgIpc) is 2.61. The molecule has 0 saturated carbocycles. The van der Waals surface area contributed by atoms with Crippen LogP contribution in [0.4, 0.5) is 5.69 Å². The maximum Gasteiger partial charge on any atom is 0.278 e. The van der Waals surface area contributed by atoms with Gasteiger partial charge in [-0.1, -0.05) is 64.1 Å². The monoisotopic (exact) mass is 416 g/mol. The smallest absolute Gasteiger partial charge is 0.278 e. The number of aromatic amines is 1. The maximum atomic E-state index is 12.1. The Hall–Kier alpha value is -2.45. The van der Waals surface area contributed by atoms with Crippen molar-refractivity contribution in [3.8, 4) is 11.3 Å². The molecule has 126 valence electrons. The van der Waals surface area contributed by atoms with E-state index in [2.05, 4.69) is 36.4 Å². The molecule has 1 aromatic heterocycles. The minimum Gasteiger partial charge on any atom is -0.325 e. The zero-order valence-corrected chi connectivity index (χ0v) is 15.3. The molecular formula is C17H13BrN4O2S. The number of benzene rings is 2. The summed E-state index contributed by atoms with van der Waals surface area (Å²) < 4.78 is 0.879. The molecule has 0 unspecified atom stereocenters. The third-order valence-electron chi connectivity index (χ3n) is 3.17. The largest absolute Gasteiger partial charge is 0.325 e. The van der Waals surface area contributed by atoms with Gasteiger partial charge in [0.05, 0.1) is 5.75 Å². The molecule has 0 spiro atoms. The van der Waals surface area contributed by atoms with Crippen molar-refractivity contribution in [3.05, 3.63) is 69.4 Å². The maximum absolute atomic E-state index is 12.1. The minimum atomic E-state index is -0.337. The molecule has 0 radical (unpaired) electrons. The van der Waals surface area contributed by atoms with E-state index >= 15 is 0 Å². The Kier molecular flexibility index (Phi) is 5.62. The number of carbonyl (C=O) groups excluding carboxylic acids is 1. The second kappa shape index (κ2) is 8.09. The Morgan fingerprint density at radius 1 is 1.12 bits per heavy atom. The Morgan fingerprint density at radius 2 is 1.92 bits per heavy atom. The second-order valence-electron chi connectivity index (χ2n) is 5.02. The first-order chi connectivity index (χ1) is 12.1. The molecule has 0 aliphatic rings. The lowest BCUT2D eigenvalue weighted by Gasteiger charge is -2.05. The molecule has 0 atom stereocenters. The van der Waals surface area contributed by atoms with Gasteiger partial charge in [0.2, 0.25) is 5.91 Å². The van der Waals surface area contributed by atoms with Crippen LogP contribution in [0.2, 0.25) is 0 Å². The molecular weight excluding hydrogens is 404 g/mol. The van der Waals surface area contributed by atoms with E-state index in [0.29, 0.717) is 16.4 Å². The first-order valence-electron chi connectivity index (χ1n) is 7.32. The number of nitrogens with zero attached hydrogens (tertiary/aromatic N) is 2. The number of thioether (sulfide) groups is 1. The third-order valence-corrected chi connectivity index (χ3v) is 4.53. The number of nitrogens with one attached hydrogen (secondary N) is 2. The van der Waals surface area contributed by atoms with Crippen LogP contribution in [0.3, 0.4) is 0 Å². The average molecular weight is 417 g/mol. The zero-order chi connectivity index (χ0) is 17.6. The summed E-state index contributed by atoms with van der Waals surface area (Å²) in [5.74, 6) is -0.0835. The topological polar surface area (TPSA) is 87.7 Å². The van der Waals surface area contributed by atoms with E-state index in [-0.39, 0.29) is 22.9 Å². The Morgan fingerprint density at radius 3 is 2.64 bits per heavy atom. The summed E-state index contributed by atoms with van der Waals surface area (Å²) in [6.07, 6.45) is 0. The Labute approximate surface area is 156 Å². The predicted molar refractivity (Wildman–Crippen MR) is 102 cm³/mol. The summed E-state index contributed by atoms with van der Waals surface area (Å²) in [6.45, 7) is 0. The fourth-order valence-corrected chi connectivity index (χ4v) is 3.07. The van der Waals surface area contributed by atoms with E-state index in [1.807, 2.05) is 30.3 Å². The van der Waals surface area contributed by atoms with E-state index in [9.17, 15) is 9.59 Å². The summed E-state index contributed by atoms with van der Waals surface area (Å²) in [7, 11) is 0. The van der Waals surface area contributed by atoms with Crippen LogP contribution in [0.25, 0.3) is 11.3 Å². The van der Waals surface area contributed by atoms with Gasteiger partial charge in [0, 0.05) is 15.7 Å². The molecule has 0 fully saturated rings. The normalized spacial score (nSPS) is 10.4. The van der Waals surface area contributed by atoms with Gasteiger partial charge in [0.25, 0.3) is 5.56 Å². The van der Waals surface area contributed by atoms with Crippen molar-refractivity contribution in [1.29, 1.82) is 0 Å². The fraction of sp³-hybridized carbons (Fsp3) is 0.0588. The summed E-state index contributed by atoms with van der Waals surface area (Å²) in [4.78, 5) is 26.8. The molecule has 0 aliphatic heterocycles. The lowest BCUT2D eigenvalue weighted by atomic mass is 10.2. The van der Waals surface area contributed by atoms with Gasteiger partial charge in [-0.3, -0.25) is 14.6 Å². The number of aromatic nitrogens is 3. The predicted octanol–water partition coefficient (Wildman–Crippen LogP) is 3.33. The zero-order valence-electron chi connectivity index (χ0n) is 12.9. The van der Waals surface area contributed by atoms with Crippen molar-refractivity contribution in [2.45, 2.75) is 5.16 Å². The van der Waals surface area contributed by atoms with Crippen molar-refractivity contribution in [2.24, 2.45) is 0 Å². The molecule has 2 aromatic carbocycles. The fourth-order valence-electron chi connectivity index (χ4n) is 2.07. The van der Waals surface area contributed by atoms with Crippen molar-refractivity contribution < 1.29 is 4.79 Å². The van der Waals surface area contributed by atoms with Gasteiger partial charge >= 0.3 is 0 Å². The number of halogens is 1. The minimum absolute atomic E-state index is 0.113. The molecule has 25 heavy (non-hydrogen) atoms. The van der Waals surface area contributed by atoms with Crippen LogP contribution in [0.15, 0.2) is 69.0 Å². The van der Waals surface area contributed by atoms with Crippen LogP contribution >= 0.6 is 27.7 Å². The molecule has 0 bridgehead atoms. The molecule has 0 saturated heterocycles. The molecule has 6 nitrogen and oxygen atoms in total. The molecule has 3 rings (SSSR count). The molecule has 1 amide bonds. The molecule has 3 aromatic rings. The summed E-state index contributed by atoms with van der Waals surface area (Å²) in [5, 5.41) is 11.0. The highest BCUT2D eigenvalue weighted by Gasteiger charge is 2.09. The number of anilines is 1. The van der Waals surface area contributed by atoms with Crippen molar-refractivity contribution in [2.75, 3.05) is 11.1 Å². The molecule has 8 heteroatoms. The van der Waals surface area contributed by atoms with E-state index in [1.54, 1.807) is 24.3 Å². The van der Waals surface area contributed by atoms with Crippen LogP contribution < -0.4 is 10.9 Å². The quantitative estimate of drug-likeness (QED) is 0.622. The standard InChI is InChI=1S/C17H13BrN4O2S/c18-12-7-4-8-13(9-12)19-14(23)10-25-17-20-16(24)15(21-22-17)11-5-2-1-3-6-11/h1-9H,10H2,(H,19,23)(H,20,22,24). The van der Waals surface area contributed by atoms with Gasteiger partial charge in [-0.15, -0.1) is 10.2 Å². The van der Waals surface area contributed by atoms with Crippen LogP contribution in [-0.4, -0.2) is 26.8 Å². The molecule has 0 aliphatic carbocycles. The third kappa shape index (κ3) is 4.77. The number of hydrogen-bond acceptors (Lipinski definition) is 5. The van der Waals surface area contributed by atoms with Crippen LogP contribution in [0.1, 0.15) is 0 Å². The number of hydrogen-bond donors (Lipinski definition) is 2. The molecule has 1 heterocycles. The van der Waals surface area contributed by atoms with Crippen LogP contribution in [0, 0.1) is 0 Å². The first kappa shape index (κ1) is 17.4. The highest BCUT2D eigenvalue weighted by Crippen LogP contribution is 2.17. The van der Waals surface area contributed by atoms with E-state index in [0.717, 1.165) is 16.2 Å². The lowest BCUT2D eigenvalue weighted by Crippen LogP contribution is -2.17. The second-order valence-corrected chi connectivity index (χ2v) is 6.90. The number of carbonyl (C=O) groups is 1. The van der Waals surface area contributed by atoms with Gasteiger partial charge in [-0.05, 0) is 18.2 Å². The van der Waals surface area contributed by atoms with Crippen LogP contribution in [-0.2, 0) is 4.79 Å². The van der Waals surface area contributed by atoms with Crippen LogP contribution in [0.5, 0.6) is 0 Å². The lowest BCUT2D eigenvalue weighted by molar-refractivity contribution is -0.113. The Balaban J connectivity index is 1.63. The van der Waals surface area contributed by atoms with E-state index in [4.69, 9.17) is 0 Å². The summed E-state index contributed by atoms with van der Waals surface area (Å²) in [5.41, 5.74) is 1.30. The number of H-pyrrole nitrogens is 1.